The zero-order valence-electron chi connectivity index (χ0n) is 8.94. The van der Waals surface area contributed by atoms with Gasteiger partial charge in [0.15, 0.2) is 5.82 Å². The van der Waals surface area contributed by atoms with Crippen LogP contribution in [-0.4, -0.2) is 26.4 Å². The summed E-state index contributed by atoms with van der Waals surface area (Å²) >= 11 is 0. The number of tetrazole rings is 1. The molecule has 1 aromatic rings. The van der Waals surface area contributed by atoms with Crippen molar-refractivity contribution in [1.29, 1.82) is 0 Å². The summed E-state index contributed by atoms with van der Waals surface area (Å²) in [5, 5.41) is 13.9. The molecule has 0 atom stereocenters. The summed E-state index contributed by atoms with van der Waals surface area (Å²) < 4.78 is 0. The molecule has 1 aliphatic carbocycles. The molecule has 82 valence electrons. The van der Waals surface area contributed by atoms with E-state index in [9.17, 15) is 4.79 Å². The largest absolute Gasteiger partial charge is 0.299 e. The monoisotopic (exact) mass is 208 g/mol. The van der Waals surface area contributed by atoms with Gasteiger partial charge in [0.05, 0.1) is 0 Å². The maximum absolute atomic E-state index is 11.5. The molecule has 1 aromatic heterocycles. The number of nitrogens with zero attached hydrogens (tertiary/aromatic N) is 3. The molecule has 5 heteroatoms. The fourth-order valence-corrected chi connectivity index (χ4v) is 2.32. The molecule has 5 nitrogen and oxygen atoms in total. The van der Waals surface area contributed by atoms with Gasteiger partial charge in [0.25, 0.3) is 0 Å². The molecule has 0 bridgehead atoms. The Kier molecular flexibility index (Phi) is 3.08. The highest BCUT2D eigenvalue weighted by Gasteiger charge is 2.27. The molecule has 1 saturated carbocycles. The molecule has 0 unspecified atom stereocenters. The molecule has 0 radical (unpaired) electrons. The standard InChI is InChI=1S/C10H16N4O/c1-2-9(15)7-3-5-8(6-4-7)10-11-13-14-12-10/h7-8H,2-6H2,1H3,(H,11,12,13,14)/t7-,8-. The van der Waals surface area contributed by atoms with Crippen molar-refractivity contribution in [2.24, 2.45) is 5.92 Å². The van der Waals surface area contributed by atoms with Crippen LogP contribution in [0.1, 0.15) is 50.8 Å². The van der Waals surface area contributed by atoms with Crippen LogP contribution in [0.15, 0.2) is 0 Å². The second kappa shape index (κ2) is 4.51. The molecule has 0 aromatic carbocycles. The Morgan fingerprint density at radius 2 is 2.13 bits per heavy atom. The summed E-state index contributed by atoms with van der Waals surface area (Å²) in [6.07, 6.45) is 4.68. The third kappa shape index (κ3) is 2.22. The lowest BCUT2D eigenvalue weighted by Crippen LogP contribution is -2.21. The summed E-state index contributed by atoms with van der Waals surface area (Å²) in [5.74, 6) is 1.98. The lowest BCUT2D eigenvalue weighted by atomic mass is 9.79. The van der Waals surface area contributed by atoms with E-state index < -0.39 is 0 Å². The highest BCUT2D eigenvalue weighted by atomic mass is 16.1. The smallest absolute Gasteiger partial charge is 0.151 e. The van der Waals surface area contributed by atoms with Crippen LogP contribution in [0.25, 0.3) is 0 Å². The van der Waals surface area contributed by atoms with E-state index in [0.29, 0.717) is 18.1 Å². The summed E-state index contributed by atoms with van der Waals surface area (Å²) in [5.41, 5.74) is 0. The van der Waals surface area contributed by atoms with Crippen LogP contribution >= 0.6 is 0 Å². The van der Waals surface area contributed by atoms with Crippen LogP contribution in [0.4, 0.5) is 0 Å². The molecule has 2 rings (SSSR count). The van der Waals surface area contributed by atoms with Crippen molar-refractivity contribution in [2.45, 2.75) is 44.9 Å². The molecule has 15 heavy (non-hydrogen) atoms. The van der Waals surface area contributed by atoms with Crippen molar-refractivity contribution in [3.63, 3.8) is 0 Å². The van der Waals surface area contributed by atoms with Gasteiger partial charge in [0.2, 0.25) is 0 Å². The maximum atomic E-state index is 11.5. The van der Waals surface area contributed by atoms with Crippen molar-refractivity contribution >= 4 is 5.78 Å². The molecule has 1 fully saturated rings. The van der Waals surface area contributed by atoms with Crippen LogP contribution in [0.2, 0.25) is 0 Å². The molecule has 1 N–H and O–H groups in total. The number of aromatic amines is 1. The Bertz CT molecular complexity index is 314. The molecule has 1 heterocycles. The Morgan fingerprint density at radius 3 is 2.67 bits per heavy atom. The molecule has 0 amide bonds. The molecule has 1 aliphatic rings. The SMILES string of the molecule is CCC(=O)[C@H]1CC[C@H](c2nnn[nH]2)CC1. The second-order valence-electron chi connectivity index (χ2n) is 4.15. The number of aromatic nitrogens is 4. The van der Waals surface area contributed by atoms with Crippen LogP contribution in [0, 0.1) is 5.92 Å². The molecule has 0 spiro atoms. The number of nitrogens with one attached hydrogen (secondary N) is 1. The first-order valence-electron chi connectivity index (χ1n) is 5.57. The number of carbonyl (C=O) groups excluding carboxylic acids is 1. The fraction of sp³-hybridized carbons (Fsp3) is 0.800. The summed E-state index contributed by atoms with van der Waals surface area (Å²) in [6, 6.07) is 0. The topological polar surface area (TPSA) is 71.5 Å². The normalized spacial score (nSPS) is 26.5. The van der Waals surface area contributed by atoms with Crippen molar-refractivity contribution in [2.75, 3.05) is 0 Å². The van der Waals surface area contributed by atoms with E-state index in [-0.39, 0.29) is 5.92 Å². The third-order valence-electron chi connectivity index (χ3n) is 3.28. The summed E-state index contributed by atoms with van der Waals surface area (Å²) in [4.78, 5) is 11.5. The zero-order valence-corrected chi connectivity index (χ0v) is 8.94. The van der Waals surface area contributed by atoms with Gasteiger partial charge in [0.1, 0.15) is 5.78 Å². The van der Waals surface area contributed by atoms with Crippen LogP contribution < -0.4 is 0 Å². The second-order valence-corrected chi connectivity index (χ2v) is 4.15. The highest BCUT2D eigenvalue weighted by molar-refractivity contribution is 5.80. The van der Waals surface area contributed by atoms with Gasteiger partial charge in [-0.2, -0.15) is 0 Å². The van der Waals surface area contributed by atoms with E-state index in [0.717, 1.165) is 31.5 Å². The Labute approximate surface area is 88.6 Å². The van der Waals surface area contributed by atoms with E-state index in [1.807, 2.05) is 6.92 Å². The van der Waals surface area contributed by atoms with Crippen molar-refractivity contribution < 1.29 is 4.79 Å². The van der Waals surface area contributed by atoms with Gasteiger partial charge >= 0.3 is 0 Å². The van der Waals surface area contributed by atoms with E-state index in [1.54, 1.807) is 0 Å². The van der Waals surface area contributed by atoms with Crippen LogP contribution in [0.3, 0.4) is 0 Å². The van der Waals surface area contributed by atoms with Gasteiger partial charge in [-0.3, -0.25) is 4.79 Å². The van der Waals surface area contributed by atoms with Crippen LogP contribution in [0.5, 0.6) is 0 Å². The minimum Gasteiger partial charge on any atom is -0.299 e. The number of carbonyl (C=O) groups is 1. The lowest BCUT2D eigenvalue weighted by molar-refractivity contribution is -0.123. The van der Waals surface area contributed by atoms with Gasteiger partial charge in [-0.25, -0.2) is 5.10 Å². The average molecular weight is 208 g/mol. The molecule has 0 aliphatic heterocycles. The number of hydrogen-bond acceptors (Lipinski definition) is 4. The Morgan fingerprint density at radius 1 is 1.40 bits per heavy atom. The van der Waals surface area contributed by atoms with Crippen molar-refractivity contribution in [3.8, 4) is 0 Å². The maximum Gasteiger partial charge on any atom is 0.151 e. The van der Waals surface area contributed by atoms with Gasteiger partial charge in [-0.15, -0.1) is 5.10 Å². The van der Waals surface area contributed by atoms with Gasteiger partial charge in [-0.05, 0) is 36.1 Å². The lowest BCUT2D eigenvalue weighted by Gasteiger charge is -2.25. The van der Waals surface area contributed by atoms with Crippen molar-refractivity contribution in [3.05, 3.63) is 5.82 Å². The quantitative estimate of drug-likeness (QED) is 0.816. The number of ketones is 1. The third-order valence-corrected chi connectivity index (χ3v) is 3.28. The predicted molar refractivity (Wildman–Crippen MR) is 54.2 cm³/mol. The summed E-state index contributed by atoms with van der Waals surface area (Å²) in [6.45, 7) is 1.94. The molecule has 0 saturated heterocycles. The van der Waals surface area contributed by atoms with E-state index in [4.69, 9.17) is 0 Å². The van der Waals surface area contributed by atoms with Gasteiger partial charge in [-0.1, -0.05) is 6.92 Å². The zero-order chi connectivity index (χ0) is 10.7. The first kappa shape index (κ1) is 10.3. The Balaban J connectivity index is 1.90. The van der Waals surface area contributed by atoms with Gasteiger partial charge < -0.3 is 0 Å². The van der Waals surface area contributed by atoms with E-state index in [2.05, 4.69) is 20.6 Å². The molecular weight excluding hydrogens is 192 g/mol. The molecular formula is C10H16N4O. The average Bonchev–Trinajstić information content (AvgIpc) is 2.82. The number of Topliss-reactive ketones (excluding diaryl/α,β-unsaturated/α-hetero) is 1. The first-order chi connectivity index (χ1) is 7.31. The minimum atomic E-state index is 0.280. The van der Waals surface area contributed by atoms with Crippen molar-refractivity contribution in [1.82, 2.24) is 20.6 Å². The number of H-pyrrole nitrogens is 1. The first-order valence-corrected chi connectivity index (χ1v) is 5.57. The van der Waals surface area contributed by atoms with E-state index >= 15 is 0 Å². The Hall–Kier alpha value is -1.26. The van der Waals surface area contributed by atoms with E-state index in [1.165, 1.54) is 0 Å². The van der Waals surface area contributed by atoms with Crippen LogP contribution in [-0.2, 0) is 4.79 Å². The number of hydrogen-bond donors (Lipinski definition) is 1. The van der Waals surface area contributed by atoms with Gasteiger partial charge in [0, 0.05) is 18.3 Å². The highest BCUT2D eigenvalue weighted by Crippen LogP contribution is 2.34. The minimum absolute atomic E-state index is 0.280. The number of rotatable bonds is 3. The fourth-order valence-electron chi connectivity index (χ4n) is 2.32. The summed E-state index contributed by atoms with van der Waals surface area (Å²) in [7, 11) is 0. The predicted octanol–water partition coefficient (Wildman–Crippen LogP) is 1.45.